The van der Waals surface area contributed by atoms with Gasteiger partial charge in [0.2, 0.25) is 0 Å². The Hall–Kier alpha value is -2.62. The fraction of sp³-hybridized carbons (Fsp3) is 0.214. The van der Waals surface area contributed by atoms with Crippen molar-refractivity contribution in [3.05, 3.63) is 53.5 Å². The van der Waals surface area contributed by atoms with Crippen molar-refractivity contribution >= 4 is 5.82 Å². The topological polar surface area (TPSA) is 61.6 Å². The molecule has 0 radical (unpaired) electrons. The number of nitrogens with zero attached hydrogens (tertiary/aromatic N) is 3. The van der Waals surface area contributed by atoms with E-state index in [4.69, 9.17) is 5.26 Å². The third kappa shape index (κ3) is 3.48. The minimum absolute atomic E-state index is 0.0592. The highest BCUT2D eigenvalue weighted by molar-refractivity contribution is 5.53. The molecule has 108 valence electrons. The van der Waals surface area contributed by atoms with E-state index in [0.717, 1.165) is 17.7 Å². The molecule has 4 nitrogen and oxygen atoms in total. The summed E-state index contributed by atoms with van der Waals surface area (Å²) >= 11 is 0. The van der Waals surface area contributed by atoms with Crippen LogP contribution in [0.4, 0.5) is 19.0 Å². The Labute approximate surface area is 119 Å². The lowest BCUT2D eigenvalue weighted by Gasteiger charge is -2.17. The molecule has 1 atom stereocenters. The van der Waals surface area contributed by atoms with Crippen molar-refractivity contribution < 1.29 is 13.2 Å². The van der Waals surface area contributed by atoms with Crippen LogP contribution in [-0.4, -0.2) is 9.97 Å². The Morgan fingerprint density at radius 2 is 1.86 bits per heavy atom. The number of nitriles is 1. The van der Waals surface area contributed by atoms with E-state index in [9.17, 15) is 13.2 Å². The maximum atomic E-state index is 12.7. The first kappa shape index (κ1) is 14.8. The van der Waals surface area contributed by atoms with Gasteiger partial charge in [-0.3, -0.25) is 4.98 Å². The highest BCUT2D eigenvalue weighted by Gasteiger charge is 2.33. The molecule has 0 fully saturated rings. The van der Waals surface area contributed by atoms with Gasteiger partial charge in [-0.15, -0.1) is 0 Å². The van der Waals surface area contributed by atoms with Crippen LogP contribution in [0.15, 0.2) is 36.7 Å². The molecule has 0 saturated heterocycles. The van der Waals surface area contributed by atoms with Crippen LogP contribution in [0.3, 0.4) is 0 Å². The van der Waals surface area contributed by atoms with Crippen LogP contribution >= 0.6 is 0 Å². The lowest BCUT2D eigenvalue weighted by atomic mass is 10.1. The molecule has 2 aromatic rings. The first-order valence-corrected chi connectivity index (χ1v) is 6.06. The van der Waals surface area contributed by atoms with E-state index < -0.39 is 11.9 Å². The molecule has 2 rings (SSSR count). The molecule has 0 amide bonds. The minimum atomic E-state index is -4.55. The average Bonchev–Trinajstić information content (AvgIpc) is 2.47. The van der Waals surface area contributed by atoms with Gasteiger partial charge in [0, 0.05) is 12.4 Å². The number of nitrogens with one attached hydrogen (secondary N) is 1. The molecule has 0 aromatic carbocycles. The van der Waals surface area contributed by atoms with Gasteiger partial charge in [0.1, 0.15) is 17.6 Å². The van der Waals surface area contributed by atoms with E-state index in [1.165, 1.54) is 0 Å². The smallest absolute Gasteiger partial charge is 0.362 e. The van der Waals surface area contributed by atoms with E-state index in [1.807, 2.05) is 6.07 Å². The van der Waals surface area contributed by atoms with E-state index in [-0.39, 0.29) is 17.4 Å². The lowest BCUT2D eigenvalue weighted by molar-refractivity contribution is -0.141. The van der Waals surface area contributed by atoms with Gasteiger partial charge in [0.15, 0.2) is 0 Å². The van der Waals surface area contributed by atoms with Crippen molar-refractivity contribution in [2.45, 2.75) is 19.1 Å². The molecule has 0 bridgehead atoms. The van der Waals surface area contributed by atoms with E-state index in [0.29, 0.717) is 0 Å². The molecule has 0 aliphatic heterocycles. The second-order valence-electron chi connectivity index (χ2n) is 4.35. The monoisotopic (exact) mass is 292 g/mol. The molecule has 0 aliphatic carbocycles. The lowest BCUT2D eigenvalue weighted by Crippen LogP contribution is -2.14. The number of aromatic nitrogens is 2. The van der Waals surface area contributed by atoms with E-state index in [2.05, 4.69) is 15.3 Å². The summed E-state index contributed by atoms with van der Waals surface area (Å²) in [5.74, 6) is -0.0864. The number of pyridine rings is 2. The Balaban J connectivity index is 2.32. The highest BCUT2D eigenvalue weighted by atomic mass is 19.4. The van der Waals surface area contributed by atoms with Gasteiger partial charge >= 0.3 is 6.18 Å². The number of hydrogen-bond acceptors (Lipinski definition) is 4. The zero-order valence-electron chi connectivity index (χ0n) is 11.0. The fourth-order valence-electron chi connectivity index (χ4n) is 1.76. The normalized spacial score (nSPS) is 12.5. The summed E-state index contributed by atoms with van der Waals surface area (Å²) in [7, 11) is 0. The summed E-state index contributed by atoms with van der Waals surface area (Å²) in [6, 6.07) is 6.89. The SMILES string of the molecule is CC(Nc1nc(C(F)(F)F)ccc1C#N)c1ccncc1. The molecule has 2 heterocycles. The van der Waals surface area contributed by atoms with Crippen molar-refractivity contribution in [2.24, 2.45) is 0 Å². The van der Waals surface area contributed by atoms with Crippen molar-refractivity contribution in [1.82, 2.24) is 9.97 Å². The van der Waals surface area contributed by atoms with Gasteiger partial charge in [-0.1, -0.05) is 0 Å². The zero-order chi connectivity index (χ0) is 15.5. The second kappa shape index (κ2) is 5.79. The van der Waals surface area contributed by atoms with Gasteiger partial charge in [-0.2, -0.15) is 18.4 Å². The number of alkyl halides is 3. The minimum Gasteiger partial charge on any atom is -0.362 e. The summed E-state index contributed by atoms with van der Waals surface area (Å²) in [6.07, 6.45) is -1.39. The highest BCUT2D eigenvalue weighted by Crippen LogP contribution is 2.30. The van der Waals surface area contributed by atoms with Crippen LogP contribution in [-0.2, 0) is 6.18 Å². The third-order valence-corrected chi connectivity index (χ3v) is 2.87. The van der Waals surface area contributed by atoms with Crippen molar-refractivity contribution in [3.8, 4) is 6.07 Å². The predicted molar refractivity (Wildman–Crippen MR) is 70.2 cm³/mol. The first-order chi connectivity index (χ1) is 9.91. The maximum Gasteiger partial charge on any atom is 0.433 e. The van der Waals surface area contributed by atoms with Crippen molar-refractivity contribution in [2.75, 3.05) is 5.32 Å². The van der Waals surface area contributed by atoms with Gasteiger partial charge in [0.25, 0.3) is 0 Å². The fourth-order valence-corrected chi connectivity index (χ4v) is 1.76. The number of hydrogen-bond donors (Lipinski definition) is 1. The summed E-state index contributed by atoms with van der Waals surface area (Å²) < 4.78 is 38.0. The van der Waals surface area contributed by atoms with E-state index in [1.54, 1.807) is 31.5 Å². The molecule has 1 N–H and O–H groups in total. The quantitative estimate of drug-likeness (QED) is 0.940. The summed E-state index contributed by atoms with van der Waals surface area (Å²) in [5, 5.41) is 11.8. The van der Waals surface area contributed by atoms with Crippen LogP contribution in [0.25, 0.3) is 0 Å². The molecule has 0 spiro atoms. The molecule has 0 saturated carbocycles. The van der Waals surface area contributed by atoms with Gasteiger partial charge in [-0.05, 0) is 36.8 Å². The molecule has 2 aromatic heterocycles. The van der Waals surface area contributed by atoms with E-state index >= 15 is 0 Å². The van der Waals surface area contributed by atoms with Crippen LogP contribution in [0.5, 0.6) is 0 Å². The molecule has 0 aliphatic rings. The van der Waals surface area contributed by atoms with Crippen LogP contribution < -0.4 is 5.32 Å². The summed E-state index contributed by atoms with van der Waals surface area (Å²) in [4.78, 5) is 7.38. The zero-order valence-corrected chi connectivity index (χ0v) is 11.0. The maximum absolute atomic E-state index is 12.7. The Morgan fingerprint density at radius 1 is 1.19 bits per heavy atom. The van der Waals surface area contributed by atoms with Crippen LogP contribution in [0, 0.1) is 11.3 Å². The third-order valence-electron chi connectivity index (χ3n) is 2.87. The second-order valence-corrected chi connectivity index (χ2v) is 4.35. The summed E-state index contributed by atoms with van der Waals surface area (Å²) in [6.45, 7) is 1.76. The Bertz CT molecular complexity index is 662. The van der Waals surface area contributed by atoms with Gasteiger partial charge in [0.05, 0.1) is 11.6 Å². The molecule has 1 unspecified atom stereocenters. The number of rotatable bonds is 3. The molecular formula is C14H11F3N4. The first-order valence-electron chi connectivity index (χ1n) is 6.06. The molecule has 7 heteroatoms. The molecule has 21 heavy (non-hydrogen) atoms. The van der Waals surface area contributed by atoms with Crippen molar-refractivity contribution in [1.29, 1.82) is 5.26 Å². The predicted octanol–water partition coefficient (Wildman–Crippen LogP) is 3.54. The standard InChI is InChI=1S/C14H11F3N4/c1-9(10-4-6-19-7-5-10)20-13-11(8-18)2-3-12(21-13)14(15,16)17/h2-7,9H,1H3,(H,20,21). The average molecular weight is 292 g/mol. The van der Waals surface area contributed by atoms with Crippen LogP contribution in [0.2, 0.25) is 0 Å². The molecular weight excluding hydrogens is 281 g/mol. The number of halogens is 3. The number of anilines is 1. The largest absolute Gasteiger partial charge is 0.433 e. The van der Waals surface area contributed by atoms with Gasteiger partial charge in [-0.25, -0.2) is 4.98 Å². The van der Waals surface area contributed by atoms with Crippen LogP contribution in [0.1, 0.15) is 29.8 Å². The van der Waals surface area contributed by atoms with Gasteiger partial charge < -0.3 is 5.32 Å². The summed E-state index contributed by atoms with van der Waals surface area (Å²) in [5.41, 5.74) is -0.150. The Kier molecular flexibility index (Phi) is 4.08. The van der Waals surface area contributed by atoms with Crippen molar-refractivity contribution in [3.63, 3.8) is 0 Å². The Morgan fingerprint density at radius 3 is 2.43 bits per heavy atom.